The molecule has 1 aliphatic rings. The van der Waals surface area contributed by atoms with Crippen LogP contribution < -0.4 is 5.32 Å². The second-order valence-electron chi connectivity index (χ2n) is 4.40. The van der Waals surface area contributed by atoms with Crippen LogP contribution in [0.25, 0.3) is 0 Å². The van der Waals surface area contributed by atoms with Gasteiger partial charge < -0.3 is 20.1 Å². The van der Waals surface area contributed by atoms with Crippen LogP contribution in [0.3, 0.4) is 0 Å². The minimum atomic E-state index is -1.04. The molecule has 0 aromatic carbocycles. The molecule has 0 radical (unpaired) electrons. The Balaban J connectivity index is 2.48. The van der Waals surface area contributed by atoms with E-state index in [-0.39, 0.29) is 12.5 Å². The van der Waals surface area contributed by atoms with Crippen molar-refractivity contribution >= 4 is 11.9 Å². The van der Waals surface area contributed by atoms with Gasteiger partial charge in [0.05, 0.1) is 13.2 Å². The van der Waals surface area contributed by atoms with Crippen LogP contribution in [0.15, 0.2) is 0 Å². The molecular weight excluding hydrogens is 224 g/mol. The lowest BCUT2D eigenvalue weighted by molar-refractivity contribution is -0.155. The highest BCUT2D eigenvalue weighted by atomic mass is 16.5. The maximum Gasteiger partial charge on any atom is 0.329 e. The number of ether oxygens (including phenoxy) is 1. The third-order valence-electron chi connectivity index (χ3n) is 3.16. The molecule has 1 amide bonds. The van der Waals surface area contributed by atoms with Crippen LogP contribution in [0.4, 0.5) is 0 Å². The molecule has 0 aliphatic carbocycles. The first-order valence-electron chi connectivity index (χ1n) is 5.76. The van der Waals surface area contributed by atoms with E-state index in [0.717, 1.165) is 6.42 Å². The fourth-order valence-corrected chi connectivity index (χ4v) is 2.05. The number of carbonyl (C=O) groups excluding carboxylic acids is 1. The van der Waals surface area contributed by atoms with E-state index in [1.54, 1.807) is 14.0 Å². The van der Waals surface area contributed by atoms with E-state index < -0.39 is 11.5 Å². The van der Waals surface area contributed by atoms with Gasteiger partial charge in [-0.25, -0.2) is 4.79 Å². The second kappa shape index (κ2) is 5.97. The number of nitrogens with one attached hydrogen (secondary N) is 1. The Bertz CT molecular complexity index is 295. The SMILES string of the molecule is COCCNCC(=O)N1CCCC1(C)C(=O)O. The molecule has 1 fully saturated rings. The van der Waals surface area contributed by atoms with Gasteiger partial charge in [-0.3, -0.25) is 4.79 Å². The zero-order valence-electron chi connectivity index (χ0n) is 10.4. The van der Waals surface area contributed by atoms with E-state index in [0.29, 0.717) is 26.1 Å². The summed E-state index contributed by atoms with van der Waals surface area (Å²) in [5.74, 6) is -1.09. The van der Waals surface area contributed by atoms with E-state index in [1.165, 1.54) is 4.90 Å². The van der Waals surface area contributed by atoms with Crippen LogP contribution in [-0.2, 0) is 14.3 Å². The molecule has 0 aromatic heterocycles. The summed E-state index contributed by atoms with van der Waals surface area (Å²) in [6, 6.07) is 0. The molecule has 0 bridgehead atoms. The Morgan fingerprint density at radius 1 is 1.53 bits per heavy atom. The zero-order valence-corrected chi connectivity index (χ0v) is 10.4. The normalized spacial score (nSPS) is 24.0. The van der Waals surface area contributed by atoms with Crippen molar-refractivity contribution in [2.45, 2.75) is 25.3 Å². The summed E-state index contributed by atoms with van der Waals surface area (Å²) in [6.45, 7) is 3.40. The number of hydrogen-bond acceptors (Lipinski definition) is 4. The number of nitrogens with zero attached hydrogens (tertiary/aromatic N) is 1. The monoisotopic (exact) mass is 244 g/mol. The van der Waals surface area contributed by atoms with E-state index in [1.807, 2.05) is 0 Å². The number of hydrogen-bond donors (Lipinski definition) is 2. The van der Waals surface area contributed by atoms with Gasteiger partial charge in [-0.15, -0.1) is 0 Å². The molecule has 98 valence electrons. The lowest BCUT2D eigenvalue weighted by atomic mass is 9.99. The predicted octanol–water partition coefficient (Wildman–Crippen LogP) is -0.312. The van der Waals surface area contributed by atoms with Gasteiger partial charge in [0, 0.05) is 20.2 Å². The maximum absolute atomic E-state index is 11.9. The van der Waals surface area contributed by atoms with Gasteiger partial charge in [0.25, 0.3) is 0 Å². The van der Waals surface area contributed by atoms with Crippen LogP contribution in [-0.4, -0.2) is 60.8 Å². The van der Waals surface area contributed by atoms with E-state index in [2.05, 4.69) is 5.32 Å². The van der Waals surface area contributed by atoms with Crippen molar-refractivity contribution in [2.24, 2.45) is 0 Å². The van der Waals surface area contributed by atoms with E-state index >= 15 is 0 Å². The minimum Gasteiger partial charge on any atom is -0.480 e. The molecule has 1 heterocycles. The standard InChI is InChI=1S/C11H20N2O4/c1-11(10(15)16)4-3-6-13(11)9(14)8-12-5-7-17-2/h12H,3-8H2,1-2H3,(H,15,16). The molecule has 1 saturated heterocycles. The molecule has 17 heavy (non-hydrogen) atoms. The Kier molecular flexibility index (Phi) is 4.89. The highest BCUT2D eigenvalue weighted by Crippen LogP contribution is 2.28. The van der Waals surface area contributed by atoms with Crippen molar-refractivity contribution in [3.8, 4) is 0 Å². The number of aliphatic carboxylic acids is 1. The quantitative estimate of drug-likeness (QED) is 0.626. The molecule has 1 unspecified atom stereocenters. The number of carboxylic acid groups (broad SMARTS) is 1. The van der Waals surface area contributed by atoms with Crippen molar-refractivity contribution in [1.29, 1.82) is 0 Å². The zero-order chi connectivity index (χ0) is 12.9. The Morgan fingerprint density at radius 3 is 2.82 bits per heavy atom. The minimum absolute atomic E-state index is 0.159. The molecule has 6 nitrogen and oxygen atoms in total. The van der Waals surface area contributed by atoms with Gasteiger partial charge in [-0.1, -0.05) is 0 Å². The van der Waals surface area contributed by atoms with Gasteiger partial charge >= 0.3 is 5.97 Å². The largest absolute Gasteiger partial charge is 0.480 e. The molecule has 1 atom stereocenters. The predicted molar refractivity (Wildman–Crippen MR) is 61.7 cm³/mol. The summed E-state index contributed by atoms with van der Waals surface area (Å²) in [5.41, 5.74) is -1.04. The summed E-state index contributed by atoms with van der Waals surface area (Å²) in [7, 11) is 1.59. The van der Waals surface area contributed by atoms with E-state index in [9.17, 15) is 9.59 Å². The topological polar surface area (TPSA) is 78.9 Å². The molecule has 1 aliphatic heterocycles. The summed E-state index contributed by atoms with van der Waals surface area (Å²) >= 11 is 0. The summed E-state index contributed by atoms with van der Waals surface area (Å²) in [5, 5.41) is 12.1. The number of likely N-dealkylation sites (tertiary alicyclic amines) is 1. The average Bonchev–Trinajstić information content (AvgIpc) is 2.68. The molecule has 0 spiro atoms. The van der Waals surface area contributed by atoms with Crippen molar-refractivity contribution in [3.63, 3.8) is 0 Å². The van der Waals surface area contributed by atoms with Crippen molar-refractivity contribution < 1.29 is 19.4 Å². The lowest BCUT2D eigenvalue weighted by Crippen LogP contribution is -2.53. The Hall–Kier alpha value is -1.14. The Labute approximate surface area is 101 Å². The van der Waals surface area contributed by atoms with Gasteiger partial charge in [0.2, 0.25) is 5.91 Å². The number of carboxylic acids is 1. The summed E-state index contributed by atoms with van der Waals surface area (Å²) < 4.78 is 4.85. The lowest BCUT2D eigenvalue weighted by Gasteiger charge is -2.31. The first-order chi connectivity index (χ1) is 8.02. The molecule has 1 rings (SSSR count). The van der Waals surface area contributed by atoms with Crippen LogP contribution in [0.5, 0.6) is 0 Å². The molecule has 6 heteroatoms. The summed E-state index contributed by atoms with van der Waals surface area (Å²) in [6.07, 6.45) is 1.26. The highest BCUT2D eigenvalue weighted by Gasteiger charge is 2.45. The summed E-state index contributed by atoms with van der Waals surface area (Å²) in [4.78, 5) is 24.5. The number of methoxy groups -OCH3 is 1. The van der Waals surface area contributed by atoms with Crippen LogP contribution >= 0.6 is 0 Å². The first-order valence-corrected chi connectivity index (χ1v) is 5.76. The van der Waals surface area contributed by atoms with Crippen molar-refractivity contribution in [2.75, 3.05) is 33.4 Å². The molecule has 0 saturated carbocycles. The van der Waals surface area contributed by atoms with Crippen LogP contribution in [0, 0.1) is 0 Å². The van der Waals surface area contributed by atoms with Crippen molar-refractivity contribution in [3.05, 3.63) is 0 Å². The third-order valence-corrected chi connectivity index (χ3v) is 3.16. The number of rotatable bonds is 6. The molecule has 0 aromatic rings. The van der Waals surface area contributed by atoms with E-state index in [4.69, 9.17) is 9.84 Å². The fraction of sp³-hybridized carbons (Fsp3) is 0.818. The van der Waals surface area contributed by atoms with Gasteiger partial charge in [-0.2, -0.15) is 0 Å². The smallest absolute Gasteiger partial charge is 0.329 e. The molecule has 2 N–H and O–H groups in total. The van der Waals surface area contributed by atoms with Crippen LogP contribution in [0.2, 0.25) is 0 Å². The Morgan fingerprint density at radius 2 is 2.24 bits per heavy atom. The van der Waals surface area contributed by atoms with Gasteiger partial charge in [0.1, 0.15) is 5.54 Å². The van der Waals surface area contributed by atoms with Gasteiger partial charge in [0.15, 0.2) is 0 Å². The van der Waals surface area contributed by atoms with Crippen LogP contribution in [0.1, 0.15) is 19.8 Å². The maximum atomic E-state index is 11.9. The number of amides is 1. The van der Waals surface area contributed by atoms with Crippen molar-refractivity contribution in [1.82, 2.24) is 10.2 Å². The highest BCUT2D eigenvalue weighted by molar-refractivity contribution is 5.88. The van der Waals surface area contributed by atoms with Gasteiger partial charge in [-0.05, 0) is 19.8 Å². The first kappa shape index (κ1) is 13.9. The average molecular weight is 244 g/mol. The third kappa shape index (κ3) is 3.17. The second-order valence-corrected chi connectivity index (χ2v) is 4.40. The molecular formula is C11H20N2O4. The number of carbonyl (C=O) groups is 2. The fourth-order valence-electron chi connectivity index (χ4n) is 2.05.